The molecule has 0 saturated heterocycles. The summed E-state index contributed by atoms with van der Waals surface area (Å²) in [4.78, 5) is 12.8. The van der Waals surface area contributed by atoms with E-state index in [0.29, 0.717) is 11.5 Å². The van der Waals surface area contributed by atoms with Crippen molar-refractivity contribution in [2.75, 3.05) is 7.11 Å². The summed E-state index contributed by atoms with van der Waals surface area (Å²) in [6, 6.07) is 12.0. The fourth-order valence-corrected chi connectivity index (χ4v) is 3.43. The number of carbonyl (C=O) groups is 1. The van der Waals surface area contributed by atoms with Crippen LogP contribution in [0.15, 0.2) is 41.3 Å². The van der Waals surface area contributed by atoms with Crippen molar-refractivity contribution in [3.8, 4) is 5.75 Å². The first-order valence-corrected chi connectivity index (χ1v) is 8.17. The molecule has 0 aromatic heterocycles. The van der Waals surface area contributed by atoms with E-state index in [1.807, 2.05) is 31.2 Å². The van der Waals surface area contributed by atoms with Crippen LogP contribution in [0, 0.1) is 6.92 Å². The number of hydrogen-bond acceptors (Lipinski definition) is 3. The molecule has 3 nitrogen and oxygen atoms in total. The van der Waals surface area contributed by atoms with Crippen LogP contribution in [0.2, 0.25) is 0 Å². The van der Waals surface area contributed by atoms with E-state index in [-0.39, 0.29) is 5.56 Å². The second-order valence-electron chi connectivity index (χ2n) is 5.00. The summed E-state index contributed by atoms with van der Waals surface area (Å²) < 4.78 is 5.36. The summed E-state index contributed by atoms with van der Waals surface area (Å²) in [5.41, 5.74) is 3.18. The lowest BCUT2D eigenvalue weighted by Crippen LogP contribution is -2.07. The van der Waals surface area contributed by atoms with Crippen molar-refractivity contribution in [3.63, 3.8) is 0 Å². The Bertz CT molecular complexity index is 680. The predicted molar refractivity (Wildman–Crippen MR) is 90.1 cm³/mol. The molecule has 0 atom stereocenters. The van der Waals surface area contributed by atoms with Gasteiger partial charge in [-0.25, -0.2) is 4.79 Å². The van der Waals surface area contributed by atoms with Gasteiger partial charge in [0.05, 0.1) is 7.11 Å². The van der Waals surface area contributed by atoms with Gasteiger partial charge in [0.25, 0.3) is 0 Å². The Morgan fingerprint density at radius 2 is 1.86 bits per heavy atom. The molecule has 0 aliphatic heterocycles. The van der Waals surface area contributed by atoms with Gasteiger partial charge < -0.3 is 9.84 Å². The lowest BCUT2D eigenvalue weighted by molar-refractivity contribution is 0.0692. The Hall–Kier alpha value is -1.94. The van der Waals surface area contributed by atoms with Crippen LogP contribution in [-0.4, -0.2) is 18.2 Å². The summed E-state index contributed by atoms with van der Waals surface area (Å²) in [6.07, 6.45) is 0.745. The van der Waals surface area contributed by atoms with E-state index in [4.69, 9.17) is 4.74 Å². The molecule has 2 aromatic rings. The van der Waals surface area contributed by atoms with Crippen LogP contribution in [0.25, 0.3) is 0 Å². The Morgan fingerprint density at radius 3 is 2.45 bits per heavy atom. The monoisotopic (exact) mass is 316 g/mol. The third-order valence-corrected chi connectivity index (χ3v) is 4.83. The molecule has 2 aromatic carbocycles. The molecule has 0 fully saturated rings. The van der Waals surface area contributed by atoms with Gasteiger partial charge in [-0.2, -0.15) is 0 Å². The summed E-state index contributed by atoms with van der Waals surface area (Å²) in [5.74, 6) is 0.151. The smallest absolute Gasteiger partial charge is 0.339 e. The Balaban J connectivity index is 2.35. The molecule has 0 amide bonds. The molecule has 4 heteroatoms. The molecule has 0 aliphatic rings. The maximum Gasteiger partial charge on any atom is 0.339 e. The van der Waals surface area contributed by atoms with Crippen LogP contribution in [0.4, 0.5) is 0 Å². The molecule has 2 rings (SSSR count). The number of carboxylic acid groups (broad SMARTS) is 1. The van der Waals surface area contributed by atoms with Gasteiger partial charge in [-0.15, -0.1) is 11.8 Å². The molecule has 1 N–H and O–H groups in total. The highest BCUT2D eigenvalue weighted by atomic mass is 32.2. The van der Waals surface area contributed by atoms with Gasteiger partial charge in [0, 0.05) is 10.6 Å². The first-order valence-electron chi connectivity index (χ1n) is 7.19. The van der Waals surface area contributed by atoms with Crippen LogP contribution in [0.5, 0.6) is 5.75 Å². The van der Waals surface area contributed by atoms with Gasteiger partial charge >= 0.3 is 5.97 Å². The fraction of sp³-hybridized carbons (Fsp3) is 0.278. The van der Waals surface area contributed by atoms with Crippen molar-refractivity contribution in [2.45, 2.75) is 30.9 Å². The minimum atomic E-state index is -0.937. The first kappa shape index (κ1) is 16.4. The SMILES string of the molecule is CCc1ccc(CSc2ccccc2C)c(C(=O)O)c1OC. The average molecular weight is 316 g/mol. The average Bonchev–Trinajstić information content (AvgIpc) is 2.52. The summed E-state index contributed by atoms with van der Waals surface area (Å²) in [5, 5.41) is 9.56. The van der Waals surface area contributed by atoms with E-state index in [9.17, 15) is 9.90 Å². The highest BCUT2D eigenvalue weighted by Crippen LogP contribution is 2.33. The maximum absolute atomic E-state index is 11.7. The molecule has 0 spiro atoms. The highest BCUT2D eigenvalue weighted by molar-refractivity contribution is 7.98. The molecule has 0 aliphatic carbocycles. The molecule has 0 radical (unpaired) electrons. The molecule has 22 heavy (non-hydrogen) atoms. The Labute approximate surface area is 135 Å². The number of benzene rings is 2. The summed E-state index contributed by atoms with van der Waals surface area (Å²) in [6.45, 7) is 4.05. The van der Waals surface area contributed by atoms with Gasteiger partial charge in [-0.3, -0.25) is 0 Å². The van der Waals surface area contributed by atoms with Gasteiger partial charge in [0.15, 0.2) is 0 Å². The predicted octanol–water partition coefficient (Wildman–Crippen LogP) is 4.56. The lowest BCUT2D eigenvalue weighted by atomic mass is 10.0. The molecule has 0 bridgehead atoms. The molecule has 0 saturated carbocycles. The second-order valence-corrected chi connectivity index (χ2v) is 6.02. The quantitative estimate of drug-likeness (QED) is 0.794. The summed E-state index contributed by atoms with van der Waals surface area (Å²) in [7, 11) is 1.53. The van der Waals surface area contributed by atoms with Crippen LogP contribution in [-0.2, 0) is 12.2 Å². The minimum absolute atomic E-state index is 0.280. The second kappa shape index (κ2) is 7.36. The van der Waals surface area contributed by atoms with E-state index >= 15 is 0 Å². The molecule has 0 heterocycles. The number of thioether (sulfide) groups is 1. The standard InChI is InChI=1S/C18H20O3S/c1-4-13-9-10-14(16(18(19)20)17(13)21-3)11-22-15-8-6-5-7-12(15)2/h5-10H,4,11H2,1-3H3,(H,19,20). The van der Waals surface area contributed by atoms with E-state index < -0.39 is 5.97 Å². The molecular weight excluding hydrogens is 296 g/mol. The van der Waals surface area contributed by atoms with E-state index in [1.165, 1.54) is 12.7 Å². The van der Waals surface area contributed by atoms with Crippen molar-refractivity contribution >= 4 is 17.7 Å². The first-order chi connectivity index (χ1) is 10.6. The zero-order valence-electron chi connectivity index (χ0n) is 13.1. The highest BCUT2D eigenvalue weighted by Gasteiger charge is 2.19. The van der Waals surface area contributed by atoms with Gasteiger partial charge in [-0.05, 0) is 36.1 Å². The normalized spacial score (nSPS) is 10.5. The Morgan fingerprint density at radius 1 is 1.18 bits per heavy atom. The molecule has 0 unspecified atom stereocenters. The van der Waals surface area contributed by atoms with Crippen LogP contribution >= 0.6 is 11.8 Å². The largest absolute Gasteiger partial charge is 0.496 e. The number of ether oxygens (including phenoxy) is 1. The topological polar surface area (TPSA) is 46.5 Å². The van der Waals surface area contributed by atoms with Gasteiger partial charge in [0.2, 0.25) is 0 Å². The number of aromatic carboxylic acids is 1. The van der Waals surface area contributed by atoms with Crippen LogP contribution in [0.3, 0.4) is 0 Å². The fourth-order valence-electron chi connectivity index (χ4n) is 2.41. The molecule has 116 valence electrons. The maximum atomic E-state index is 11.7. The van der Waals surface area contributed by atoms with Gasteiger partial charge in [-0.1, -0.05) is 37.3 Å². The zero-order chi connectivity index (χ0) is 16.1. The van der Waals surface area contributed by atoms with Crippen molar-refractivity contribution < 1.29 is 14.6 Å². The molecular formula is C18H20O3S. The lowest BCUT2D eigenvalue weighted by Gasteiger charge is -2.14. The summed E-state index contributed by atoms with van der Waals surface area (Å²) >= 11 is 1.65. The van der Waals surface area contributed by atoms with Crippen LogP contribution in [0.1, 0.15) is 34.0 Å². The Kier molecular flexibility index (Phi) is 5.50. The third-order valence-electron chi connectivity index (χ3n) is 3.60. The zero-order valence-corrected chi connectivity index (χ0v) is 13.9. The van der Waals surface area contributed by atoms with Crippen molar-refractivity contribution in [3.05, 3.63) is 58.7 Å². The number of methoxy groups -OCH3 is 1. The van der Waals surface area contributed by atoms with E-state index in [0.717, 1.165) is 22.4 Å². The van der Waals surface area contributed by atoms with Crippen LogP contribution < -0.4 is 4.74 Å². The van der Waals surface area contributed by atoms with Crippen molar-refractivity contribution in [2.24, 2.45) is 0 Å². The van der Waals surface area contributed by atoms with Crippen molar-refractivity contribution in [1.82, 2.24) is 0 Å². The number of rotatable bonds is 6. The number of carboxylic acids is 1. The number of hydrogen-bond donors (Lipinski definition) is 1. The van der Waals surface area contributed by atoms with Gasteiger partial charge in [0.1, 0.15) is 11.3 Å². The van der Waals surface area contributed by atoms with E-state index in [2.05, 4.69) is 19.1 Å². The minimum Gasteiger partial charge on any atom is -0.496 e. The van der Waals surface area contributed by atoms with E-state index in [1.54, 1.807) is 11.8 Å². The van der Waals surface area contributed by atoms with Crippen molar-refractivity contribution in [1.29, 1.82) is 0 Å². The third kappa shape index (κ3) is 3.45. The number of aryl methyl sites for hydroxylation is 2.